The Hall–Kier alpha value is -2.83. The van der Waals surface area contributed by atoms with Crippen molar-refractivity contribution < 1.29 is 9.53 Å². The average Bonchev–Trinajstić information content (AvgIpc) is 3.27. The van der Waals surface area contributed by atoms with E-state index in [-0.39, 0.29) is 11.7 Å². The van der Waals surface area contributed by atoms with Crippen LogP contribution < -0.4 is 10.1 Å². The number of hydrogen-bond donors (Lipinski definition) is 1. The third-order valence-electron chi connectivity index (χ3n) is 5.83. The highest BCUT2D eigenvalue weighted by molar-refractivity contribution is 7.99. The van der Waals surface area contributed by atoms with Crippen molar-refractivity contribution in [1.29, 1.82) is 5.26 Å². The maximum atomic E-state index is 12.7. The van der Waals surface area contributed by atoms with Crippen LogP contribution in [0.25, 0.3) is 11.4 Å². The predicted molar refractivity (Wildman–Crippen MR) is 136 cm³/mol. The highest BCUT2D eigenvalue weighted by Gasteiger charge is 2.21. The normalized spacial score (nSPS) is 13.1. The van der Waals surface area contributed by atoms with Crippen molar-refractivity contribution in [3.8, 4) is 23.2 Å². The van der Waals surface area contributed by atoms with Crippen LogP contribution >= 0.6 is 23.1 Å². The number of carbonyl (C=O) groups is 1. The number of thiophene rings is 1. The van der Waals surface area contributed by atoms with Gasteiger partial charge in [-0.2, -0.15) is 5.26 Å². The summed E-state index contributed by atoms with van der Waals surface area (Å²) in [5.41, 5.74) is 2.71. The van der Waals surface area contributed by atoms with E-state index in [2.05, 4.69) is 28.5 Å². The zero-order chi connectivity index (χ0) is 23.9. The van der Waals surface area contributed by atoms with Crippen LogP contribution in [-0.4, -0.2) is 33.0 Å². The number of rotatable bonds is 9. The Morgan fingerprint density at radius 3 is 2.79 bits per heavy atom. The average molecular weight is 496 g/mol. The van der Waals surface area contributed by atoms with Gasteiger partial charge in [0.15, 0.2) is 11.0 Å². The van der Waals surface area contributed by atoms with Crippen LogP contribution in [-0.2, 0) is 24.7 Å². The van der Waals surface area contributed by atoms with E-state index in [1.54, 1.807) is 11.3 Å². The first-order valence-electron chi connectivity index (χ1n) is 11.7. The lowest BCUT2D eigenvalue weighted by Crippen LogP contribution is -2.14. The largest absolute Gasteiger partial charge is 0.494 e. The Kier molecular flexibility index (Phi) is 8.25. The summed E-state index contributed by atoms with van der Waals surface area (Å²) in [6.07, 6.45) is 7.49. The Labute approximate surface area is 208 Å². The summed E-state index contributed by atoms with van der Waals surface area (Å²) in [6, 6.07) is 10.1. The quantitative estimate of drug-likeness (QED) is 0.236. The molecule has 1 N–H and O–H groups in total. The van der Waals surface area contributed by atoms with E-state index in [1.807, 2.05) is 35.9 Å². The molecule has 0 spiro atoms. The molecule has 0 fully saturated rings. The lowest BCUT2D eigenvalue weighted by Gasteiger charge is -2.07. The minimum Gasteiger partial charge on any atom is -0.494 e. The first-order valence-corrected chi connectivity index (χ1v) is 13.5. The van der Waals surface area contributed by atoms with E-state index in [4.69, 9.17) is 4.74 Å². The molecule has 1 aliphatic carbocycles. The summed E-state index contributed by atoms with van der Waals surface area (Å²) < 4.78 is 7.61. The SMILES string of the molecule is CCCCOc1ccc(-c2nnc(SCC(=O)Nc3sc4c(c3C#N)CCCCC4)n2C)cc1. The van der Waals surface area contributed by atoms with Gasteiger partial charge >= 0.3 is 0 Å². The molecule has 2 aromatic heterocycles. The van der Waals surface area contributed by atoms with Crippen LogP contribution in [0.15, 0.2) is 29.4 Å². The minimum absolute atomic E-state index is 0.143. The Bertz CT molecular complexity index is 1180. The van der Waals surface area contributed by atoms with Crippen LogP contribution in [0.5, 0.6) is 5.75 Å². The van der Waals surface area contributed by atoms with Gasteiger partial charge in [-0.3, -0.25) is 4.79 Å². The number of nitrogens with one attached hydrogen (secondary N) is 1. The van der Waals surface area contributed by atoms with E-state index in [9.17, 15) is 10.1 Å². The third-order valence-corrected chi connectivity index (χ3v) is 8.06. The Balaban J connectivity index is 1.37. The number of hydrogen-bond acceptors (Lipinski definition) is 7. The number of aromatic nitrogens is 3. The molecule has 0 radical (unpaired) electrons. The molecule has 0 aliphatic heterocycles. The zero-order valence-corrected chi connectivity index (χ0v) is 21.2. The number of benzene rings is 1. The van der Waals surface area contributed by atoms with E-state index in [0.717, 1.165) is 61.2 Å². The fourth-order valence-corrected chi connectivity index (χ4v) is 5.94. The zero-order valence-electron chi connectivity index (χ0n) is 19.6. The van der Waals surface area contributed by atoms with Crippen molar-refractivity contribution in [3.05, 3.63) is 40.3 Å². The van der Waals surface area contributed by atoms with Gasteiger partial charge < -0.3 is 14.6 Å². The van der Waals surface area contributed by atoms with Gasteiger partial charge in [0.1, 0.15) is 16.8 Å². The maximum absolute atomic E-state index is 12.7. The van der Waals surface area contributed by atoms with Crippen LogP contribution in [0.4, 0.5) is 5.00 Å². The smallest absolute Gasteiger partial charge is 0.235 e. The molecular formula is C25H29N5O2S2. The molecule has 0 unspecified atom stereocenters. The van der Waals surface area contributed by atoms with Crippen LogP contribution in [0.2, 0.25) is 0 Å². The fourth-order valence-electron chi connectivity index (χ4n) is 3.97. The summed E-state index contributed by atoms with van der Waals surface area (Å²) in [7, 11) is 1.89. The van der Waals surface area contributed by atoms with Crippen molar-refractivity contribution in [1.82, 2.24) is 14.8 Å². The number of anilines is 1. The Morgan fingerprint density at radius 1 is 1.24 bits per heavy atom. The molecule has 4 rings (SSSR count). The third kappa shape index (κ3) is 5.62. The second-order valence-electron chi connectivity index (χ2n) is 8.31. The molecule has 3 aromatic rings. The summed E-state index contributed by atoms with van der Waals surface area (Å²) in [4.78, 5) is 13.9. The molecule has 0 saturated heterocycles. The van der Waals surface area contributed by atoms with Gasteiger partial charge in [0.25, 0.3) is 0 Å². The first-order chi connectivity index (χ1) is 16.6. The molecular weight excluding hydrogens is 466 g/mol. The number of ether oxygens (including phenoxy) is 1. The van der Waals surface area contributed by atoms with Gasteiger partial charge in [0.2, 0.25) is 5.91 Å². The summed E-state index contributed by atoms with van der Waals surface area (Å²) in [6.45, 7) is 2.85. The van der Waals surface area contributed by atoms with Crippen molar-refractivity contribution in [3.63, 3.8) is 0 Å². The molecule has 34 heavy (non-hydrogen) atoms. The lowest BCUT2D eigenvalue weighted by molar-refractivity contribution is -0.113. The molecule has 0 saturated carbocycles. The monoisotopic (exact) mass is 495 g/mol. The second kappa shape index (κ2) is 11.5. The number of aryl methyl sites for hydroxylation is 1. The lowest BCUT2D eigenvalue weighted by atomic mass is 10.1. The van der Waals surface area contributed by atoms with Crippen molar-refractivity contribution in [2.24, 2.45) is 7.05 Å². The number of fused-ring (bicyclic) bond motifs is 1. The van der Waals surface area contributed by atoms with Crippen LogP contribution in [0.1, 0.15) is 55.0 Å². The topological polar surface area (TPSA) is 92.8 Å². The molecule has 1 amide bonds. The predicted octanol–water partition coefficient (Wildman–Crippen LogP) is 5.59. The van der Waals surface area contributed by atoms with Gasteiger partial charge in [0, 0.05) is 17.5 Å². The fraction of sp³-hybridized carbons (Fsp3) is 0.440. The number of amides is 1. The summed E-state index contributed by atoms with van der Waals surface area (Å²) >= 11 is 2.89. The van der Waals surface area contributed by atoms with E-state index < -0.39 is 0 Å². The van der Waals surface area contributed by atoms with Gasteiger partial charge in [0.05, 0.1) is 17.9 Å². The number of thioether (sulfide) groups is 1. The molecule has 0 atom stereocenters. The molecule has 1 aliphatic rings. The molecule has 7 nitrogen and oxygen atoms in total. The van der Waals surface area contributed by atoms with Gasteiger partial charge in [-0.25, -0.2) is 0 Å². The highest BCUT2D eigenvalue weighted by atomic mass is 32.2. The van der Waals surface area contributed by atoms with Crippen LogP contribution in [0, 0.1) is 11.3 Å². The van der Waals surface area contributed by atoms with E-state index in [1.165, 1.54) is 23.1 Å². The van der Waals surface area contributed by atoms with Crippen molar-refractivity contribution in [2.45, 2.75) is 57.0 Å². The molecule has 1 aromatic carbocycles. The first kappa shape index (κ1) is 24.3. The van der Waals surface area contributed by atoms with E-state index >= 15 is 0 Å². The summed E-state index contributed by atoms with van der Waals surface area (Å²) in [5, 5.41) is 22.5. The molecule has 0 bridgehead atoms. The standard InChI is InChI=1S/C25H29N5O2S2/c1-3-4-14-32-18-12-10-17(11-13-18)23-28-29-25(30(23)2)33-16-22(31)27-24-20(15-26)19-8-6-5-7-9-21(19)34-24/h10-13H,3-9,14,16H2,1-2H3,(H,27,31). The van der Waals surface area contributed by atoms with E-state index in [0.29, 0.717) is 22.3 Å². The summed E-state index contributed by atoms with van der Waals surface area (Å²) in [5.74, 6) is 1.63. The maximum Gasteiger partial charge on any atom is 0.235 e. The number of nitrogens with zero attached hydrogens (tertiary/aromatic N) is 4. The van der Waals surface area contributed by atoms with Crippen LogP contribution in [0.3, 0.4) is 0 Å². The second-order valence-corrected chi connectivity index (χ2v) is 10.4. The molecule has 178 valence electrons. The number of carbonyl (C=O) groups excluding carboxylic acids is 1. The van der Waals surface area contributed by atoms with Crippen molar-refractivity contribution in [2.75, 3.05) is 17.7 Å². The minimum atomic E-state index is -0.143. The molecule has 9 heteroatoms. The number of nitriles is 1. The molecule has 2 heterocycles. The van der Waals surface area contributed by atoms with Gasteiger partial charge in [-0.15, -0.1) is 21.5 Å². The highest BCUT2D eigenvalue weighted by Crippen LogP contribution is 2.37. The number of unbranched alkanes of at least 4 members (excludes halogenated alkanes) is 1. The van der Waals surface area contributed by atoms with Gasteiger partial charge in [-0.05, 0) is 61.9 Å². The Morgan fingerprint density at radius 2 is 2.03 bits per heavy atom. The van der Waals surface area contributed by atoms with Crippen molar-refractivity contribution >= 4 is 34.0 Å². The van der Waals surface area contributed by atoms with Gasteiger partial charge in [-0.1, -0.05) is 31.5 Å².